The van der Waals surface area contributed by atoms with Crippen molar-refractivity contribution in [1.29, 1.82) is 0 Å². The van der Waals surface area contributed by atoms with Gasteiger partial charge in [-0.05, 0) is 12.1 Å². The summed E-state index contributed by atoms with van der Waals surface area (Å²) in [6, 6.07) is 5.05. The van der Waals surface area contributed by atoms with Crippen LogP contribution in [0.1, 0.15) is 36.8 Å². The quantitative estimate of drug-likeness (QED) is 0.758. The molecule has 0 spiro atoms. The topological polar surface area (TPSA) is 94.0 Å². The maximum atomic E-state index is 11.4. The third kappa shape index (κ3) is 2.91. The zero-order valence-corrected chi connectivity index (χ0v) is 12.5. The molecule has 20 heavy (non-hydrogen) atoms. The summed E-state index contributed by atoms with van der Waals surface area (Å²) in [5.74, 6) is -0.521. The molecular weight excluding hydrogens is 272 g/mol. The summed E-state index contributed by atoms with van der Waals surface area (Å²) in [7, 11) is 0. The summed E-state index contributed by atoms with van der Waals surface area (Å²) in [6.45, 7) is 6.28. The first kappa shape index (κ1) is 14.3. The lowest BCUT2D eigenvalue weighted by Crippen LogP contribution is -2.14. The van der Waals surface area contributed by atoms with Gasteiger partial charge in [-0.25, -0.2) is 4.98 Å². The normalized spacial score (nSPS) is 11.3. The van der Waals surface area contributed by atoms with Crippen LogP contribution in [0.15, 0.2) is 23.6 Å². The zero-order chi connectivity index (χ0) is 14.9. The minimum absolute atomic E-state index is 0.0226. The Kier molecular flexibility index (Phi) is 3.67. The van der Waals surface area contributed by atoms with E-state index in [1.165, 1.54) is 11.3 Å². The first-order chi connectivity index (χ1) is 9.29. The molecule has 0 unspecified atom stereocenters. The van der Waals surface area contributed by atoms with Crippen molar-refractivity contribution in [2.24, 2.45) is 5.73 Å². The third-order valence-corrected chi connectivity index (χ3v) is 3.62. The number of amides is 1. The molecule has 0 aliphatic carbocycles. The number of thiazole rings is 1. The Morgan fingerprint density at radius 1 is 1.35 bits per heavy atom. The molecule has 0 aliphatic rings. The van der Waals surface area contributed by atoms with E-state index in [1.54, 1.807) is 18.2 Å². The SMILES string of the molecule is CC(C)(C)c1csc(Nc2c(N)cccc2C(N)=O)n1. The van der Waals surface area contributed by atoms with Gasteiger partial charge in [-0.3, -0.25) is 4.79 Å². The summed E-state index contributed by atoms with van der Waals surface area (Å²) in [6.07, 6.45) is 0. The molecular formula is C14H18N4OS. The minimum atomic E-state index is -0.521. The molecule has 1 amide bonds. The van der Waals surface area contributed by atoms with Gasteiger partial charge < -0.3 is 16.8 Å². The predicted molar refractivity (Wildman–Crippen MR) is 83.5 cm³/mol. The van der Waals surface area contributed by atoms with Crippen molar-refractivity contribution in [3.05, 3.63) is 34.8 Å². The minimum Gasteiger partial charge on any atom is -0.397 e. The number of rotatable bonds is 3. The van der Waals surface area contributed by atoms with Crippen LogP contribution >= 0.6 is 11.3 Å². The summed E-state index contributed by atoms with van der Waals surface area (Å²) < 4.78 is 0. The van der Waals surface area contributed by atoms with E-state index in [0.717, 1.165) is 5.69 Å². The lowest BCUT2D eigenvalue weighted by Gasteiger charge is -2.14. The molecule has 5 N–H and O–H groups in total. The van der Waals surface area contributed by atoms with Crippen LogP contribution in [0.2, 0.25) is 0 Å². The van der Waals surface area contributed by atoms with Crippen LogP contribution < -0.4 is 16.8 Å². The summed E-state index contributed by atoms with van der Waals surface area (Å²) in [5, 5.41) is 5.78. The number of hydrogen-bond donors (Lipinski definition) is 3. The fourth-order valence-electron chi connectivity index (χ4n) is 1.70. The van der Waals surface area contributed by atoms with Crippen molar-refractivity contribution in [2.45, 2.75) is 26.2 Å². The summed E-state index contributed by atoms with van der Waals surface area (Å²) >= 11 is 1.47. The van der Waals surface area contributed by atoms with Gasteiger partial charge in [-0.2, -0.15) is 0 Å². The molecule has 6 heteroatoms. The van der Waals surface area contributed by atoms with Gasteiger partial charge in [0.05, 0.1) is 22.6 Å². The molecule has 0 aliphatic heterocycles. The molecule has 0 fully saturated rings. The molecule has 0 bridgehead atoms. The maximum Gasteiger partial charge on any atom is 0.250 e. The Labute approximate surface area is 122 Å². The van der Waals surface area contributed by atoms with Crippen LogP contribution in [0.4, 0.5) is 16.5 Å². The lowest BCUT2D eigenvalue weighted by atomic mass is 9.93. The van der Waals surface area contributed by atoms with E-state index >= 15 is 0 Å². The highest BCUT2D eigenvalue weighted by Crippen LogP contribution is 2.31. The second kappa shape index (κ2) is 5.13. The second-order valence-electron chi connectivity index (χ2n) is 5.55. The van der Waals surface area contributed by atoms with Gasteiger partial charge in [0, 0.05) is 10.8 Å². The molecule has 2 rings (SSSR count). The first-order valence-corrected chi connectivity index (χ1v) is 7.08. The average Bonchev–Trinajstić information content (AvgIpc) is 2.79. The lowest BCUT2D eigenvalue weighted by molar-refractivity contribution is 0.100. The molecule has 1 heterocycles. The number of nitrogens with one attached hydrogen (secondary N) is 1. The fraction of sp³-hybridized carbons (Fsp3) is 0.286. The molecule has 2 aromatic rings. The van der Waals surface area contributed by atoms with Crippen molar-refractivity contribution >= 4 is 33.8 Å². The summed E-state index contributed by atoms with van der Waals surface area (Å²) in [5.41, 5.74) is 13.6. The molecule has 5 nitrogen and oxygen atoms in total. The number of nitrogen functional groups attached to an aromatic ring is 1. The Bertz CT molecular complexity index is 643. The molecule has 1 aromatic carbocycles. The largest absolute Gasteiger partial charge is 0.397 e. The van der Waals surface area contributed by atoms with Gasteiger partial charge in [0.25, 0.3) is 5.91 Å². The molecule has 1 aromatic heterocycles. The number of primary amides is 1. The molecule has 0 atom stereocenters. The Balaban J connectivity index is 2.35. The van der Waals surface area contributed by atoms with E-state index in [2.05, 4.69) is 31.1 Å². The first-order valence-electron chi connectivity index (χ1n) is 6.20. The Morgan fingerprint density at radius 3 is 2.60 bits per heavy atom. The highest BCUT2D eigenvalue weighted by molar-refractivity contribution is 7.13. The van der Waals surface area contributed by atoms with Gasteiger partial charge >= 0.3 is 0 Å². The van der Waals surface area contributed by atoms with Crippen LogP contribution in [-0.2, 0) is 5.41 Å². The van der Waals surface area contributed by atoms with Crippen LogP contribution in [0, 0.1) is 0 Å². The standard InChI is InChI=1S/C14H18N4OS/c1-14(2,3)10-7-20-13(17-10)18-11-8(12(16)19)5-4-6-9(11)15/h4-7H,15H2,1-3H3,(H2,16,19)(H,17,18). The van der Waals surface area contributed by atoms with Crippen molar-refractivity contribution in [2.75, 3.05) is 11.1 Å². The number of anilines is 3. The zero-order valence-electron chi connectivity index (χ0n) is 11.7. The van der Waals surface area contributed by atoms with Crippen molar-refractivity contribution in [1.82, 2.24) is 4.98 Å². The predicted octanol–water partition coefficient (Wildman–Crippen LogP) is 2.87. The van der Waals surface area contributed by atoms with E-state index in [0.29, 0.717) is 22.1 Å². The number of para-hydroxylation sites is 1. The molecule has 0 radical (unpaired) electrons. The third-order valence-electron chi connectivity index (χ3n) is 2.87. The van der Waals surface area contributed by atoms with Gasteiger partial charge in [0.1, 0.15) is 0 Å². The molecule has 0 saturated carbocycles. The number of nitrogens with zero attached hydrogens (tertiary/aromatic N) is 1. The van der Waals surface area contributed by atoms with E-state index in [1.807, 2.05) is 5.38 Å². The van der Waals surface area contributed by atoms with Crippen molar-refractivity contribution in [3.8, 4) is 0 Å². The Morgan fingerprint density at radius 2 is 2.05 bits per heavy atom. The number of carbonyl (C=O) groups excluding carboxylic acids is 1. The monoisotopic (exact) mass is 290 g/mol. The smallest absolute Gasteiger partial charge is 0.250 e. The van der Waals surface area contributed by atoms with E-state index in [9.17, 15) is 4.79 Å². The fourth-order valence-corrected chi connectivity index (χ4v) is 2.64. The highest BCUT2D eigenvalue weighted by Gasteiger charge is 2.18. The summed E-state index contributed by atoms with van der Waals surface area (Å²) in [4.78, 5) is 16.0. The van der Waals surface area contributed by atoms with Gasteiger partial charge in [-0.15, -0.1) is 11.3 Å². The molecule has 0 saturated heterocycles. The molecule has 106 valence electrons. The van der Waals surface area contributed by atoms with Gasteiger partial charge in [-0.1, -0.05) is 26.8 Å². The van der Waals surface area contributed by atoms with Gasteiger partial charge in [0.15, 0.2) is 5.13 Å². The number of benzene rings is 1. The number of carbonyl (C=O) groups is 1. The van der Waals surface area contributed by atoms with Crippen molar-refractivity contribution in [3.63, 3.8) is 0 Å². The number of hydrogen-bond acceptors (Lipinski definition) is 5. The average molecular weight is 290 g/mol. The van der Waals surface area contributed by atoms with Crippen LogP contribution in [0.25, 0.3) is 0 Å². The van der Waals surface area contributed by atoms with Crippen LogP contribution in [0.5, 0.6) is 0 Å². The van der Waals surface area contributed by atoms with E-state index < -0.39 is 5.91 Å². The number of aromatic nitrogens is 1. The van der Waals surface area contributed by atoms with Crippen molar-refractivity contribution < 1.29 is 4.79 Å². The van der Waals surface area contributed by atoms with Crippen LogP contribution in [0.3, 0.4) is 0 Å². The number of nitrogens with two attached hydrogens (primary N) is 2. The highest BCUT2D eigenvalue weighted by atomic mass is 32.1. The Hall–Kier alpha value is -2.08. The van der Waals surface area contributed by atoms with Gasteiger partial charge in [0.2, 0.25) is 0 Å². The maximum absolute atomic E-state index is 11.4. The second-order valence-corrected chi connectivity index (χ2v) is 6.41. The van der Waals surface area contributed by atoms with Crippen LogP contribution in [-0.4, -0.2) is 10.9 Å². The van der Waals surface area contributed by atoms with E-state index in [4.69, 9.17) is 11.5 Å². The van der Waals surface area contributed by atoms with E-state index in [-0.39, 0.29) is 5.41 Å².